The smallest absolute Gasteiger partial charge is 0.310 e. The second-order valence-corrected chi connectivity index (χ2v) is 19.9. The van der Waals surface area contributed by atoms with Gasteiger partial charge in [-0.25, -0.2) is 0 Å². The first-order valence-electron chi connectivity index (χ1n) is 19.7. The van der Waals surface area contributed by atoms with Crippen LogP contribution in [0.5, 0.6) is 0 Å². The zero-order valence-electron chi connectivity index (χ0n) is 32.0. The van der Waals surface area contributed by atoms with Crippen LogP contribution in [-0.4, -0.2) is 116 Å². The summed E-state index contributed by atoms with van der Waals surface area (Å²) in [5.41, 5.74) is -0.578. The summed E-state index contributed by atoms with van der Waals surface area (Å²) in [5.74, 6) is -0.337. The molecule has 296 valence electrons. The Balaban J connectivity index is 1.26. The number of aliphatic hydroxyl groups is 6. The Morgan fingerprint density at radius 3 is 1.90 bits per heavy atom. The summed E-state index contributed by atoms with van der Waals surface area (Å²) in [6.45, 7) is 15.6. The third-order valence-corrected chi connectivity index (χ3v) is 16.4. The van der Waals surface area contributed by atoms with Gasteiger partial charge in [0, 0.05) is 0 Å². The summed E-state index contributed by atoms with van der Waals surface area (Å²) < 4.78 is 24.7. The van der Waals surface area contributed by atoms with E-state index in [0.717, 1.165) is 38.5 Å². The van der Waals surface area contributed by atoms with Crippen molar-refractivity contribution in [2.24, 2.45) is 50.2 Å². The number of carbonyl (C=O) groups is 1. The van der Waals surface area contributed by atoms with Crippen LogP contribution in [0.15, 0.2) is 11.6 Å². The minimum absolute atomic E-state index is 0.00466. The summed E-state index contributed by atoms with van der Waals surface area (Å²) in [6, 6.07) is 0. The van der Waals surface area contributed by atoms with E-state index in [-0.39, 0.29) is 52.6 Å². The molecule has 0 aromatic rings. The maximum absolute atomic E-state index is 13.1. The Hall–Kier alpha value is -1.19. The number of hydrogen-bond acceptors (Lipinski definition) is 11. The number of carboxylic acids is 1. The molecule has 7 N–H and O–H groups in total. The Morgan fingerprint density at radius 2 is 1.31 bits per heavy atom. The molecule has 6 fully saturated rings. The fourth-order valence-electron chi connectivity index (χ4n) is 13.2. The summed E-state index contributed by atoms with van der Waals surface area (Å²) >= 11 is 0. The average Bonchev–Trinajstić information content (AvgIpc) is 3.06. The third kappa shape index (κ3) is 5.63. The van der Waals surface area contributed by atoms with Crippen molar-refractivity contribution in [1.29, 1.82) is 0 Å². The van der Waals surface area contributed by atoms with Gasteiger partial charge in [0.1, 0.15) is 36.6 Å². The van der Waals surface area contributed by atoms with Gasteiger partial charge in [-0.3, -0.25) is 4.79 Å². The molecule has 0 aromatic heterocycles. The molecule has 0 unspecified atom stereocenters. The number of ether oxygens (including phenoxy) is 4. The molecule has 7 aliphatic rings. The van der Waals surface area contributed by atoms with Crippen molar-refractivity contribution in [2.45, 2.75) is 168 Å². The summed E-state index contributed by atoms with van der Waals surface area (Å²) in [4.78, 5) is 13.1. The van der Waals surface area contributed by atoms with Crippen LogP contribution in [0.4, 0.5) is 0 Å². The lowest BCUT2D eigenvalue weighted by molar-refractivity contribution is -0.351. The predicted octanol–water partition coefficient (Wildman–Crippen LogP) is 3.13. The van der Waals surface area contributed by atoms with E-state index < -0.39 is 78.2 Å². The maximum Gasteiger partial charge on any atom is 0.310 e. The number of carboxylic acid groups (broad SMARTS) is 1. The average molecular weight is 737 g/mol. The molecule has 12 heteroatoms. The van der Waals surface area contributed by atoms with E-state index in [1.54, 1.807) is 0 Å². The highest BCUT2D eigenvalue weighted by molar-refractivity contribution is 5.76. The fraction of sp³-hybridized carbons (Fsp3) is 0.925. The Morgan fingerprint density at radius 1 is 0.731 bits per heavy atom. The molecule has 4 saturated carbocycles. The lowest BCUT2D eigenvalue weighted by atomic mass is 9.33. The highest BCUT2D eigenvalue weighted by Crippen LogP contribution is 2.76. The number of aliphatic carboxylic acids is 1. The van der Waals surface area contributed by atoms with Gasteiger partial charge in [0.25, 0.3) is 0 Å². The third-order valence-electron chi connectivity index (χ3n) is 16.4. The molecular formula is C40H64O12. The van der Waals surface area contributed by atoms with Crippen LogP contribution < -0.4 is 0 Å². The molecule has 2 aliphatic heterocycles. The molecule has 0 amide bonds. The van der Waals surface area contributed by atoms with Gasteiger partial charge >= 0.3 is 5.97 Å². The van der Waals surface area contributed by atoms with E-state index in [2.05, 4.69) is 54.5 Å². The highest BCUT2D eigenvalue weighted by Gasteiger charge is 2.71. The van der Waals surface area contributed by atoms with Gasteiger partial charge < -0.3 is 54.7 Å². The lowest BCUT2D eigenvalue weighted by Crippen LogP contribution is -2.69. The van der Waals surface area contributed by atoms with Gasteiger partial charge in [-0.05, 0) is 103 Å². The van der Waals surface area contributed by atoms with Crippen molar-refractivity contribution in [3.63, 3.8) is 0 Å². The molecule has 7 rings (SSSR count). The van der Waals surface area contributed by atoms with E-state index >= 15 is 0 Å². The number of hydrogen-bond donors (Lipinski definition) is 7. The first-order chi connectivity index (χ1) is 24.1. The molecule has 17 atom stereocenters. The van der Waals surface area contributed by atoms with Gasteiger partial charge in [0.15, 0.2) is 12.6 Å². The van der Waals surface area contributed by atoms with Gasteiger partial charge in [-0.2, -0.15) is 0 Å². The quantitative estimate of drug-likeness (QED) is 0.161. The monoisotopic (exact) mass is 736 g/mol. The minimum Gasteiger partial charge on any atom is -0.481 e. The molecule has 2 saturated heterocycles. The second-order valence-electron chi connectivity index (χ2n) is 19.9. The van der Waals surface area contributed by atoms with Crippen LogP contribution in [0, 0.1) is 50.2 Å². The minimum atomic E-state index is -1.52. The number of aliphatic hydroxyl groups excluding tert-OH is 6. The van der Waals surface area contributed by atoms with Crippen molar-refractivity contribution < 1.29 is 59.5 Å². The standard InChI is InChI=1S/C40H64O12/c1-35(2)12-14-40(34(47)48)15-13-38(6)20(21(40)16-35)8-9-26-37(5)17-24(51-32-29(45)27(43)22(41)18-49-32)31(36(3,4)25(37)10-11-39(26,38)7)52-33-30(46)28(44)23(42)19-50-33/h8,21-33,41-46H,9-19H2,1-7H3,(H,47,48)/t21-,22-,23-,24+,25-,26+,27-,28-,29+,30+,31-,32-,33-,37-,38+,39+,40-/m0/s1. The van der Waals surface area contributed by atoms with Gasteiger partial charge in [0.05, 0.1) is 30.8 Å². The van der Waals surface area contributed by atoms with Crippen molar-refractivity contribution in [2.75, 3.05) is 13.2 Å². The molecule has 52 heavy (non-hydrogen) atoms. The zero-order valence-corrected chi connectivity index (χ0v) is 32.0. The molecule has 0 aromatic carbocycles. The van der Waals surface area contributed by atoms with Crippen LogP contribution in [0.2, 0.25) is 0 Å². The summed E-state index contributed by atoms with van der Waals surface area (Å²) in [5, 5.41) is 74.1. The van der Waals surface area contributed by atoms with Gasteiger partial charge in [-0.15, -0.1) is 0 Å². The van der Waals surface area contributed by atoms with Crippen LogP contribution in [0.3, 0.4) is 0 Å². The van der Waals surface area contributed by atoms with E-state index in [4.69, 9.17) is 18.9 Å². The van der Waals surface area contributed by atoms with Crippen LogP contribution >= 0.6 is 0 Å². The van der Waals surface area contributed by atoms with Crippen LogP contribution in [-0.2, 0) is 23.7 Å². The topological polar surface area (TPSA) is 196 Å². The SMILES string of the molecule is CC1(C)CC[C@]2(C(=O)O)CC[C@]3(C)C(=CC[C@@H]4[C@@]5(C)C[C@@H](O[C@@H]6OC[C@H](O)[C@H](O)[C@H]6O)[C@H](O[C@@H]6OC[C@H](O)[C@H](O)[C@H]6O)C(C)(C)[C@@H]5CC[C@]43C)[C@@H]2C1. The highest BCUT2D eigenvalue weighted by atomic mass is 16.7. The molecular weight excluding hydrogens is 672 g/mol. The molecule has 0 radical (unpaired) electrons. The van der Waals surface area contributed by atoms with E-state index in [9.17, 15) is 40.5 Å². The normalized spacial score (nSPS) is 54.1. The molecule has 12 nitrogen and oxygen atoms in total. The van der Waals surface area contributed by atoms with Crippen LogP contribution in [0.25, 0.3) is 0 Å². The molecule has 0 bridgehead atoms. The van der Waals surface area contributed by atoms with E-state index in [0.29, 0.717) is 19.3 Å². The summed E-state index contributed by atoms with van der Waals surface area (Å²) in [6.07, 6.45) is -2.87. The fourth-order valence-corrected chi connectivity index (χ4v) is 13.2. The van der Waals surface area contributed by atoms with Crippen molar-refractivity contribution in [1.82, 2.24) is 0 Å². The number of allylic oxidation sites excluding steroid dienone is 2. The zero-order chi connectivity index (χ0) is 38.0. The first-order valence-corrected chi connectivity index (χ1v) is 19.7. The van der Waals surface area contributed by atoms with E-state index in [1.807, 2.05) is 0 Å². The molecule has 0 spiro atoms. The molecule has 5 aliphatic carbocycles. The first kappa shape index (κ1) is 39.1. The Labute approximate surface area is 307 Å². The van der Waals surface area contributed by atoms with Gasteiger partial charge in [-0.1, -0.05) is 60.1 Å². The number of fused-ring (bicyclic) bond motifs is 7. The second kappa shape index (κ2) is 12.9. The summed E-state index contributed by atoms with van der Waals surface area (Å²) in [7, 11) is 0. The number of rotatable bonds is 5. The Kier molecular flexibility index (Phi) is 9.71. The lowest BCUT2D eigenvalue weighted by Gasteiger charge is -2.72. The van der Waals surface area contributed by atoms with Gasteiger partial charge in [0.2, 0.25) is 0 Å². The molecule has 2 heterocycles. The maximum atomic E-state index is 13.1. The van der Waals surface area contributed by atoms with Crippen LogP contribution in [0.1, 0.15) is 106 Å². The van der Waals surface area contributed by atoms with Crippen molar-refractivity contribution >= 4 is 5.97 Å². The predicted molar refractivity (Wildman–Crippen MR) is 187 cm³/mol. The van der Waals surface area contributed by atoms with Crippen molar-refractivity contribution in [3.8, 4) is 0 Å². The van der Waals surface area contributed by atoms with E-state index in [1.165, 1.54) is 5.57 Å². The largest absolute Gasteiger partial charge is 0.481 e. The Bertz CT molecular complexity index is 1420. The van der Waals surface area contributed by atoms with Crippen molar-refractivity contribution in [3.05, 3.63) is 11.6 Å².